The molecule has 0 aliphatic heterocycles. The first kappa shape index (κ1) is 19.4. The van der Waals surface area contributed by atoms with Crippen LogP contribution in [-0.4, -0.2) is 25.8 Å². The zero-order valence-electron chi connectivity index (χ0n) is 15.4. The highest BCUT2D eigenvalue weighted by molar-refractivity contribution is 6.30. The van der Waals surface area contributed by atoms with E-state index in [1.165, 1.54) is 22.9 Å². The number of hydrogen-bond acceptors (Lipinski definition) is 4. The monoisotopic (exact) mass is 419 g/mol. The van der Waals surface area contributed by atoms with Crippen molar-refractivity contribution >= 4 is 23.3 Å². The van der Waals surface area contributed by atoms with Crippen LogP contribution in [0.1, 0.15) is 10.4 Å². The summed E-state index contributed by atoms with van der Waals surface area (Å²) < 4.78 is 1.52. The van der Waals surface area contributed by atoms with E-state index in [4.69, 9.17) is 11.6 Å². The van der Waals surface area contributed by atoms with Gasteiger partial charge in [-0.3, -0.25) is 10.1 Å². The van der Waals surface area contributed by atoms with Gasteiger partial charge in [-0.2, -0.15) is 5.10 Å². The molecule has 8 heteroatoms. The lowest BCUT2D eigenvalue weighted by Crippen LogP contribution is -2.03. The number of aromatic nitrogens is 2. The summed E-state index contributed by atoms with van der Waals surface area (Å²) in [5.41, 5.74) is 1.91. The predicted octanol–water partition coefficient (Wildman–Crippen LogP) is 5.47. The third kappa shape index (κ3) is 3.54. The molecular formula is C22H14ClN3O4. The average Bonchev–Trinajstić information content (AvgIpc) is 3.16. The zero-order chi connectivity index (χ0) is 21.3. The molecule has 0 saturated carbocycles. The smallest absolute Gasteiger partial charge is 0.340 e. The lowest BCUT2D eigenvalue weighted by Gasteiger charge is -2.09. The van der Waals surface area contributed by atoms with Crippen LogP contribution in [0.3, 0.4) is 0 Å². The maximum absolute atomic E-state index is 12.3. The lowest BCUT2D eigenvalue weighted by molar-refractivity contribution is -0.384. The molecule has 7 nitrogen and oxygen atoms in total. The highest BCUT2D eigenvalue weighted by Crippen LogP contribution is 2.35. The van der Waals surface area contributed by atoms with Gasteiger partial charge in [-0.15, -0.1) is 0 Å². The van der Waals surface area contributed by atoms with Crippen LogP contribution in [-0.2, 0) is 0 Å². The molecule has 4 aromatic rings. The minimum Gasteiger partial charge on any atom is -0.478 e. The van der Waals surface area contributed by atoms with Gasteiger partial charge in [0, 0.05) is 28.3 Å². The Morgan fingerprint density at radius 1 is 0.967 bits per heavy atom. The van der Waals surface area contributed by atoms with Crippen molar-refractivity contribution in [3.63, 3.8) is 0 Å². The van der Waals surface area contributed by atoms with Crippen molar-refractivity contribution in [1.82, 2.24) is 9.78 Å². The number of carboxylic acids is 1. The molecule has 1 heterocycles. The first-order valence-corrected chi connectivity index (χ1v) is 9.26. The Labute approximate surface area is 175 Å². The van der Waals surface area contributed by atoms with E-state index in [-0.39, 0.29) is 16.9 Å². The highest BCUT2D eigenvalue weighted by atomic mass is 35.5. The van der Waals surface area contributed by atoms with Gasteiger partial charge in [0.15, 0.2) is 0 Å². The molecule has 0 fully saturated rings. The standard InChI is InChI=1S/C22H14ClN3O4/c23-16-9-11-17(12-10-16)25-21(14-5-2-1-3-6-14)19(22(27)28)20(24-25)15-7-4-8-18(13-15)26(29)30/h1-13H,(H,27,28). The van der Waals surface area contributed by atoms with Gasteiger partial charge in [0.1, 0.15) is 11.3 Å². The number of nitro groups is 1. The second kappa shape index (κ2) is 7.81. The number of halogens is 1. The van der Waals surface area contributed by atoms with Crippen molar-refractivity contribution in [3.8, 4) is 28.2 Å². The molecule has 4 rings (SSSR count). The van der Waals surface area contributed by atoms with E-state index in [0.29, 0.717) is 27.5 Å². The molecule has 0 radical (unpaired) electrons. The first-order chi connectivity index (χ1) is 14.5. The van der Waals surface area contributed by atoms with Gasteiger partial charge in [-0.1, -0.05) is 54.1 Å². The minimum absolute atomic E-state index is 0.0448. The predicted molar refractivity (Wildman–Crippen MR) is 113 cm³/mol. The second-order valence-corrected chi connectivity index (χ2v) is 6.88. The number of non-ortho nitro benzene ring substituents is 1. The molecule has 0 amide bonds. The quantitative estimate of drug-likeness (QED) is 0.342. The molecule has 3 aromatic carbocycles. The van der Waals surface area contributed by atoms with Crippen molar-refractivity contribution in [1.29, 1.82) is 0 Å². The number of nitro benzene ring substituents is 1. The molecule has 0 aliphatic carbocycles. The lowest BCUT2D eigenvalue weighted by atomic mass is 10.0. The van der Waals surface area contributed by atoms with E-state index in [0.717, 1.165) is 0 Å². The Hall–Kier alpha value is -3.97. The fourth-order valence-corrected chi connectivity index (χ4v) is 3.35. The molecule has 0 unspecified atom stereocenters. The third-order valence-corrected chi connectivity index (χ3v) is 4.80. The molecule has 1 N–H and O–H groups in total. The summed E-state index contributed by atoms with van der Waals surface area (Å²) in [5, 5.41) is 26.3. The van der Waals surface area contributed by atoms with Gasteiger partial charge in [0.25, 0.3) is 5.69 Å². The van der Waals surface area contributed by atoms with Crippen LogP contribution in [0.5, 0.6) is 0 Å². The van der Waals surface area contributed by atoms with Crippen molar-refractivity contribution < 1.29 is 14.8 Å². The van der Waals surface area contributed by atoms with E-state index in [1.807, 2.05) is 6.07 Å². The SMILES string of the molecule is O=C(O)c1c(-c2cccc([N+](=O)[O-])c2)nn(-c2ccc(Cl)cc2)c1-c1ccccc1. The molecular weight excluding hydrogens is 406 g/mol. The zero-order valence-corrected chi connectivity index (χ0v) is 16.2. The normalized spacial score (nSPS) is 10.7. The highest BCUT2D eigenvalue weighted by Gasteiger charge is 2.27. The summed E-state index contributed by atoms with van der Waals surface area (Å²) in [7, 11) is 0. The van der Waals surface area contributed by atoms with Gasteiger partial charge in [-0.25, -0.2) is 9.48 Å². The van der Waals surface area contributed by atoms with Crippen LogP contribution in [0.4, 0.5) is 5.69 Å². The summed E-state index contributed by atoms with van der Waals surface area (Å²) in [4.78, 5) is 23.0. The van der Waals surface area contributed by atoms with Gasteiger partial charge >= 0.3 is 5.97 Å². The van der Waals surface area contributed by atoms with Crippen LogP contribution < -0.4 is 0 Å². The van der Waals surface area contributed by atoms with Crippen molar-refractivity contribution in [2.24, 2.45) is 0 Å². The fraction of sp³-hybridized carbons (Fsp3) is 0. The van der Waals surface area contributed by atoms with Crippen LogP contribution in [0.2, 0.25) is 5.02 Å². The molecule has 0 bridgehead atoms. The van der Waals surface area contributed by atoms with Gasteiger partial charge in [0.2, 0.25) is 0 Å². The van der Waals surface area contributed by atoms with Crippen molar-refractivity contribution in [2.45, 2.75) is 0 Å². The molecule has 0 atom stereocenters. The Bertz CT molecular complexity index is 1250. The van der Waals surface area contributed by atoms with E-state index >= 15 is 0 Å². The maximum Gasteiger partial charge on any atom is 0.340 e. The summed E-state index contributed by atoms with van der Waals surface area (Å²) >= 11 is 6.00. The molecule has 1 aromatic heterocycles. The van der Waals surface area contributed by atoms with E-state index in [9.17, 15) is 20.0 Å². The Morgan fingerprint density at radius 2 is 1.63 bits per heavy atom. The second-order valence-electron chi connectivity index (χ2n) is 6.44. The van der Waals surface area contributed by atoms with Crippen LogP contribution in [0.25, 0.3) is 28.2 Å². The largest absolute Gasteiger partial charge is 0.478 e. The van der Waals surface area contributed by atoms with Crippen molar-refractivity contribution in [3.05, 3.63) is 99.6 Å². The third-order valence-electron chi connectivity index (χ3n) is 4.55. The number of carbonyl (C=O) groups is 1. The number of hydrogen-bond donors (Lipinski definition) is 1. The topological polar surface area (TPSA) is 98.3 Å². The maximum atomic E-state index is 12.3. The van der Waals surface area contributed by atoms with E-state index < -0.39 is 10.9 Å². The number of benzene rings is 3. The number of carboxylic acid groups (broad SMARTS) is 1. The van der Waals surface area contributed by atoms with Crippen LogP contribution in [0, 0.1) is 10.1 Å². The summed E-state index contributed by atoms with van der Waals surface area (Å²) in [6.07, 6.45) is 0. The Kier molecular flexibility index (Phi) is 5.04. The number of rotatable bonds is 5. The average molecular weight is 420 g/mol. The van der Waals surface area contributed by atoms with Gasteiger partial charge < -0.3 is 5.11 Å². The summed E-state index contributed by atoms with van der Waals surface area (Å²) in [6, 6.07) is 21.6. The Morgan fingerprint density at radius 3 is 2.27 bits per heavy atom. The fourth-order valence-electron chi connectivity index (χ4n) is 3.22. The Balaban J connectivity index is 2.05. The molecule has 0 aliphatic rings. The van der Waals surface area contributed by atoms with E-state index in [2.05, 4.69) is 5.10 Å². The number of nitrogens with zero attached hydrogens (tertiary/aromatic N) is 3. The van der Waals surface area contributed by atoms with Crippen LogP contribution >= 0.6 is 11.6 Å². The van der Waals surface area contributed by atoms with Crippen molar-refractivity contribution in [2.75, 3.05) is 0 Å². The minimum atomic E-state index is -1.18. The van der Waals surface area contributed by atoms with E-state index in [1.54, 1.807) is 54.6 Å². The van der Waals surface area contributed by atoms with Crippen LogP contribution in [0.15, 0.2) is 78.9 Å². The van der Waals surface area contributed by atoms with Gasteiger partial charge in [-0.05, 0) is 24.3 Å². The number of aromatic carboxylic acids is 1. The van der Waals surface area contributed by atoms with Gasteiger partial charge in [0.05, 0.1) is 16.3 Å². The molecule has 0 saturated heterocycles. The molecule has 148 valence electrons. The summed E-state index contributed by atoms with van der Waals surface area (Å²) in [5.74, 6) is -1.18. The first-order valence-electron chi connectivity index (χ1n) is 8.88. The summed E-state index contributed by atoms with van der Waals surface area (Å²) in [6.45, 7) is 0. The molecule has 0 spiro atoms. The molecule has 30 heavy (non-hydrogen) atoms.